The molecule has 39 heavy (non-hydrogen) atoms. The normalized spacial score (nSPS) is 13.9. The molecule has 0 atom stereocenters. The highest BCUT2D eigenvalue weighted by atomic mass is 32.1. The Morgan fingerprint density at radius 1 is 1.15 bits per heavy atom. The van der Waals surface area contributed by atoms with Crippen molar-refractivity contribution in [3.63, 3.8) is 0 Å². The van der Waals surface area contributed by atoms with Crippen LogP contribution in [0.4, 0.5) is 8.78 Å². The summed E-state index contributed by atoms with van der Waals surface area (Å²) in [6, 6.07) is 10.1. The third kappa shape index (κ3) is 6.21. The molecule has 1 aliphatic heterocycles. The molecule has 1 fully saturated rings. The molecule has 3 heterocycles. The monoisotopic (exact) mass is 556 g/mol. The SMILES string of the molecule is Cc1nc(C(=O)NCCN2CCOCC2)sc1Oc1ccc(-n2ncn(Cc3ccccc3F)c2=O)cc1F. The van der Waals surface area contributed by atoms with Crippen LogP contribution in [-0.4, -0.2) is 69.5 Å². The van der Waals surface area contributed by atoms with Crippen LogP contribution >= 0.6 is 11.3 Å². The minimum absolute atomic E-state index is 0.0109. The first-order valence-corrected chi connectivity index (χ1v) is 13.1. The molecular formula is C26H26F2N6O4S. The smallest absolute Gasteiger partial charge is 0.350 e. The lowest BCUT2D eigenvalue weighted by atomic mass is 10.2. The second-order valence-electron chi connectivity index (χ2n) is 8.86. The highest BCUT2D eigenvalue weighted by Gasteiger charge is 2.19. The molecule has 4 aromatic rings. The maximum atomic E-state index is 15.0. The summed E-state index contributed by atoms with van der Waals surface area (Å²) in [6.07, 6.45) is 1.27. The van der Waals surface area contributed by atoms with Crippen molar-refractivity contribution in [3.8, 4) is 16.5 Å². The molecule has 1 aliphatic rings. The predicted molar refractivity (Wildman–Crippen MR) is 140 cm³/mol. The van der Waals surface area contributed by atoms with Crippen LogP contribution in [0.1, 0.15) is 21.1 Å². The fraction of sp³-hybridized carbons (Fsp3) is 0.308. The zero-order valence-electron chi connectivity index (χ0n) is 21.1. The molecule has 0 aliphatic carbocycles. The van der Waals surface area contributed by atoms with E-state index in [1.165, 1.54) is 29.1 Å². The van der Waals surface area contributed by atoms with E-state index in [1.54, 1.807) is 25.1 Å². The van der Waals surface area contributed by atoms with Gasteiger partial charge in [0.2, 0.25) is 5.06 Å². The van der Waals surface area contributed by atoms with Crippen molar-refractivity contribution in [1.29, 1.82) is 0 Å². The largest absolute Gasteiger partial charge is 0.442 e. The molecule has 2 aromatic heterocycles. The molecule has 1 amide bonds. The standard InChI is InChI=1S/C26H26F2N6O4S/c1-17-25(39-24(31-17)23(35)29-8-9-32-10-12-37-13-11-32)38-22-7-6-19(14-21(22)28)34-26(36)33(16-30-34)15-18-4-2-3-5-20(18)27/h2-7,14,16H,8-13,15H2,1H3,(H,29,35). The molecule has 1 saturated heterocycles. The fourth-order valence-electron chi connectivity index (χ4n) is 4.04. The maximum Gasteiger partial charge on any atom is 0.350 e. The van der Waals surface area contributed by atoms with E-state index in [4.69, 9.17) is 9.47 Å². The summed E-state index contributed by atoms with van der Waals surface area (Å²) in [6.45, 7) is 5.88. The van der Waals surface area contributed by atoms with Crippen LogP contribution < -0.4 is 15.7 Å². The van der Waals surface area contributed by atoms with Gasteiger partial charge in [-0.25, -0.2) is 18.6 Å². The highest BCUT2D eigenvalue weighted by molar-refractivity contribution is 7.15. The van der Waals surface area contributed by atoms with Crippen molar-refractivity contribution in [3.05, 3.63) is 87.2 Å². The molecule has 0 spiro atoms. The van der Waals surface area contributed by atoms with E-state index in [9.17, 15) is 18.4 Å². The lowest BCUT2D eigenvalue weighted by Crippen LogP contribution is -2.41. The molecule has 10 nitrogen and oxygen atoms in total. The van der Waals surface area contributed by atoms with E-state index in [1.807, 2.05) is 0 Å². The van der Waals surface area contributed by atoms with Gasteiger partial charge >= 0.3 is 5.69 Å². The number of benzene rings is 2. The van der Waals surface area contributed by atoms with Crippen LogP contribution in [0.3, 0.4) is 0 Å². The summed E-state index contributed by atoms with van der Waals surface area (Å²) >= 11 is 1.02. The number of aryl methyl sites for hydroxylation is 1. The molecule has 13 heteroatoms. The van der Waals surface area contributed by atoms with Gasteiger partial charge in [-0.15, -0.1) is 0 Å². The number of hydrogen-bond acceptors (Lipinski definition) is 8. The van der Waals surface area contributed by atoms with E-state index >= 15 is 0 Å². The van der Waals surface area contributed by atoms with Gasteiger partial charge < -0.3 is 14.8 Å². The third-order valence-corrected chi connectivity index (χ3v) is 7.19. The lowest BCUT2D eigenvalue weighted by molar-refractivity contribution is 0.0383. The van der Waals surface area contributed by atoms with Gasteiger partial charge in [-0.3, -0.25) is 14.3 Å². The van der Waals surface area contributed by atoms with Crippen LogP contribution in [0, 0.1) is 18.6 Å². The van der Waals surface area contributed by atoms with E-state index in [0.29, 0.717) is 37.6 Å². The average Bonchev–Trinajstić information content (AvgIpc) is 3.49. The number of aromatic nitrogens is 4. The number of hydrogen-bond donors (Lipinski definition) is 1. The number of halogens is 2. The number of thiazole rings is 1. The van der Waals surface area contributed by atoms with Gasteiger partial charge in [0.1, 0.15) is 12.1 Å². The van der Waals surface area contributed by atoms with Gasteiger partial charge in [0.25, 0.3) is 5.91 Å². The Hall–Kier alpha value is -3.94. The summed E-state index contributed by atoms with van der Waals surface area (Å²) in [5.41, 5.74) is 0.413. The van der Waals surface area contributed by atoms with Gasteiger partial charge in [-0.2, -0.15) is 9.78 Å². The minimum atomic E-state index is -0.729. The van der Waals surface area contributed by atoms with E-state index in [2.05, 4.69) is 20.3 Å². The van der Waals surface area contributed by atoms with Gasteiger partial charge in [-0.05, 0) is 25.1 Å². The summed E-state index contributed by atoms with van der Waals surface area (Å²) in [5.74, 6) is -1.58. The quantitative estimate of drug-likeness (QED) is 0.338. The van der Waals surface area contributed by atoms with Gasteiger partial charge in [0.05, 0.1) is 31.1 Å². The molecule has 1 N–H and O–H groups in total. The van der Waals surface area contributed by atoms with Crippen LogP contribution in [0.2, 0.25) is 0 Å². The second kappa shape index (κ2) is 11.8. The summed E-state index contributed by atoms with van der Waals surface area (Å²) in [4.78, 5) is 31.8. The van der Waals surface area contributed by atoms with Crippen LogP contribution in [0.5, 0.6) is 10.8 Å². The first-order valence-electron chi connectivity index (χ1n) is 12.3. The van der Waals surface area contributed by atoms with Crippen molar-refractivity contribution in [2.75, 3.05) is 39.4 Å². The molecule has 0 bridgehead atoms. The zero-order chi connectivity index (χ0) is 27.4. The highest BCUT2D eigenvalue weighted by Crippen LogP contribution is 2.33. The van der Waals surface area contributed by atoms with Crippen LogP contribution in [0.25, 0.3) is 5.69 Å². The second-order valence-corrected chi connectivity index (χ2v) is 9.82. The number of nitrogens with zero attached hydrogens (tertiary/aromatic N) is 5. The molecule has 0 saturated carbocycles. The van der Waals surface area contributed by atoms with E-state index < -0.39 is 17.3 Å². The van der Waals surface area contributed by atoms with Crippen LogP contribution in [0.15, 0.2) is 53.6 Å². The predicted octanol–water partition coefficient (Wildman–Crippen LogP) is 2.98. The Labute approximate surface area is 226 Å². The number of carbonyl (C=O) groups is 1. The molecule has 2 aromatic carbocycles. The first-order chi connectivity index (χ1) is 18.9. The molecule has 0 unspecified atom stereocenters. The molecule has 204 valence electrons. The Kier molecular flexibility index (Phi) is 8.10. The van der Waals surface area contributed by atoms with Crippen molar-refractivity contribution in [1.82, 2.24) is 29.5 Å². The Balaban J connectivity index is 1.24. The first kappa shape index (κ1) is 26.7. The maximum absolute atomic E-state index is 15.0. The van der Waals surface area contributed by atoms with Gasteiger partial charge in [-0.1, -0.05) is 29.5 Å². The van der Waals surface area contributed by atoms with Crippen molar-refractivity contribution in [2.45, 2.75) is 13.5 Å². The number of rotatable bonds is 9. The fourth-order valence-corrected chi connectivity index (χ4v) is 4.88. The number of carbonyl (C=O) groups excluding carboxylic acids is 1. The minimum Gasteiger partial charge on any atom is -0.442 e. The van der Waals surface area contributed by atoms with Crippen molar-refractivity contribution in [2.24, 2.45) is 0 Å². The number of ether oxygens (including phenoxy) is 2. The number of nitrogens with one attached hydrogen (secondary N) is 1. The molecule has 0 radical (unpaired) electrons. The topological polar surface area (TPSA) is 104 Å². The Morgan fingerprint density at radius 3 is 2.72 bits per heavy atom. The third-order valence-electron chi connectivity index (χ3n) is 6.16. The molecule has 5 rings (SSSR count). The van der Waals surface area contributed by atoms with Gasteiger partial charge in [0.15, 0.2) is 16.6 Å². The summed E-state index contributed by atoms with van der Waals surface area (Å²) in [7, 11) is 0. The molecular weight excluding hydrogens is 530 g/mol. The number of morpholine rings is 1. The average molecular weight is 557 g/mol. The van der Waals surface area contributed by atoms with Crippen molar-refractivity contribution < 1.29 is 23.0 Å². The van der Waals surface area contributed by atoms with Crippen LogP contribution in [-0.2, 0) is 11.3 Å². The van der Waals surface area contributed by atoms with E-state index in [-0.39, 0.29) is 34.0 Å². The Bertz CT molecular complexity index is 1530. The van der Waals surface area contributed by atoms with E-state index in [0.717, 1.165) is 35.2 Å². The summed E-state index contributed by atoms with van der Waals surface area (Å²) < 4.78 is 42.2. The lowest BCUT2D eigenvalue weighted by Gasteiger charge is -2.26. The van der Waals surface area contributed by atoms with Crippen molar-refractivity contribution >= 4 is 17.2 Å². The Morgan fingerprint density at radius 2 is 1.95 bits per heavy atom. The van der Waals surface area contributed by atoms with Gasteiger partial charge in [0, 0.05) is 37.8 Å². The summed E-state index contributed by atoms with van der Waals surface area (Å²) in [5, 5.41) is 7.38. The zero-order valence-corrected chi connectivity index (χ0v) is 21.9. The number of amides is 1.